The molecule has 0 saturated carbocycles. The Morgan fingerprint density at radius 1 is 1.30 bits per heavy atom. The normalized spacial score (nSPS) is 10.9. The Labute approximate surface area is 136 Å². The minimum Gasteiger partial charge on any atom is -0.369 e. The third-order valence-electron chi connectivity index (χ3n) is 3.11. The van der Waals surface area contributed by atoms with Gasteiger partial charge in [-0.05, 0) is 6.92 Å². The number of amides is 1. The number of aryl methyl sites for hydroxylation is 1. The minimum absolute atomic E-state index is 0.129. The van der Waals surface area contributed by atoms with Crippen molar-refractivity contribution in [3.63, 3.8) is 0 Å². The van der Waals surface area contributed by atoms with Crippen LogP contribution in [0.5, 0.6) is 0 Å². The zero-order chi connectivity index (χ0) is 16.4. The standard InChI is InChI=1S/C14H14N6O2S/c1-8-3-5-9(6-4-8)11-16-13(22-19-11)12-17-18-14(20(12)2)23-7-10(15)21/h3-6H,7H2,1-2H3,(H2,15,21). The van der Waals surface area contributed by atoms with Gasteiger partial charge in [0.15, 0.2) is 5.16 Å². The number of rotatable bonds is 5. The molecule has 0 unspecified atom stereocenters. The number of hydrogen-bond acceptors (Lipinski definition) is 7. The first kappa shape index (κ1) is 15.2. The lowest BCUT2D eigenvalue weighted by Crippen LogP contribution is -2.13. The number of hydrogen-bond donors (Lipinski definition) is 1. The van der Waals surface area contributed by atoms with E-state index in [0.717, 1.165) is 11.1 Å². The molecule has 0 aliphatic heterocycles. The molecule has 1 aromatic carbocycles. The number of thioether (sulfide) groups is 1. The Bertz CT molecular complexity index is 839. The number of carbonyl (C=O) groups excluding carboxylic acids is 1. The van der Waals surface area contributed by atoms with Crippen LogP contribution in [0, 0.1) is 6.92 Å². The van der Waals surface area contributed by atoms with Gasteiger partial charge in [0, 0.05) is 12.6 Å². The van der Waals surface area contributed by atoms with Crippen molar-refractivity contribution in [2.24, 2.45) is 12.8 Å². The molecule has 3 rings (SSSR count). The third kappa shape index (κ3) is 3.24. The Balaban J connectivity index is 1.86. The molecule has 0 fully saturated rings. The molecule has 0 aliphatic rings. The number of aromatic nitrogens is 5. The number of benzene rings is 1. The van der Waals surface area contributed by atoms with Gasteiger partial charge in [-0.15, -0.1) is 10.2 Å². The summed E-state index contributed by atoms with van der Waals surface area (Å²) in [4.78, 5) is 15.2. The number of primary amides is 1. The van der Waals surface area contributed by atoms with Crippen LogP contribution < -0.4 is 5.73 Å². The van der Waals surface area contributed by atoms with Crippen LogP contribution in [0.1, 0.15) is 5.56 Å². The van der Waals surface area contributed by atoms with E-state index in [1.165, 1.54) is 11.8 Å². The molecule has 8 nitrogen and oxygen atoms in total. The van der Waals surface area contributed by atoms with Gasteiger partial charge >= 0.3 is 0 Å². The van der Waals surface area contributed by atoms with E-state index in [4.69, 9.17) is 10.3 Å². The fourth-order valence-electron chi connectivity index (χ4n) is 1.90. The van der Waals surface area contributed by atoms with Crippen LogP contribution in [0.2, 0.25) is 0 Å². The Morgan fingerprint density at radius 2 is 2.04 bits per heavy atom. The Kier molecular flexibility index (Phi) is 4.11. The van der Waals surface area contributed by atoms with E-state index in [1.807, 2.05) is 31.2 Å². The highest BCUT2D eigenvalue weighted by molar-refractivity contribution is 7.99. The van der Waals surface area contributed by atoms with Crippen LogP contribution in [0.4, 0.5) is 0 Å². The molecule has 0 atom stereocenters. The molecular formula is C14H14N6O2S. The van der Waals surface area contributed by atoms with Crippen LogP contribution in [0.15, 0.2) is 33.9 Å². The highest BCUT2D eigenvalue weighted by Crippen LogP contribution is 2.24. The summed E-state index contributed by atoms with van der Waals surface area (Å²) in [5, 5.41) is 12.5. The van der Waals surface area contributed by atoms with E-state index in [9.17, 15) is 4.79 Å². The van der Waals surface area contributed by atoms with Crippen molar-refractivity contribution in [2.45, 2.75) is 12.1 Å². The van der Waals surface area contributed by atoms with E-state index >= 15 is 0 Å². The summed E-state index contributed by atoms with van der Waals surface area (Å²) in [5.41, 5.74) is 7.14. The molecule has 118 valence electrons. The second-order valence-corrected chi connectivity index (χ2v) is 5.85. The van der Waals surface area contributed by atoms with Gasteiger partial charge in [0.25, 0.3) is 5.89 Å². The molecule has 2 heterocycles. The molecule has 1 amide bonds. The Hall–Kier alpha value is -2.68. The van der Waals surface area contributed by atoms with Crippen molar-refractivity contribution < 1.29 is 9.32 Å². The number of carbonyl (C=O) groups is 1. The van der Waals surface area contributed by atoms with E-state index in [-0.39, 0.29) is 11.6 Å². The lowest BCUT2D eigenvalue weighted by atomic mass is 10.1. The van der Waals surface area contributed by atoms with Crippen LogP contribution in [0.25, 0.3) is 23.1 Å². The molecule has 0 saturated heterocycles. The third-order valence-corrected chi connectivity index (χ3v) is 4.15. The molecule has 3 aromatic rings. The molecular weight excluding hydrogens is 316 g/mol. The molecule has 23 heavy (non-hydrogen) atoms. The van der Waals surface area contributed by atoms with Crippen molar-refractivity contribution in [1.29, 1.82) is 0 Å². The molecule has 9 heteroatoms. The van der Waals surface area contributed by atoms with Gasteiger partial charge in [0.05, 0.1) is 5.75 Å². The zero-order valence-corrected chi connectivity index (χ0v) is 13.4. The predicted octanol–water partition coefficient (Wildman–Crippen LogP) is 1.42. The van der Waals surface area contributed by atoms with Crippen LogP contribution in [-0.4, -0.2) is 36.6 Å². The van der Waals surface area contributed by atoms with Crippen molar-refractivity contribution >= 4 is 17.7 Å². The lowest BCUT2D eigenvalue weighted by Gasteiger charge is -1.99. The van der Waals surface area contributed by atoms with Gasteiger partial charge in [-0.1, -0.05) is 46.7 Å². The van der Waals surface area contributed by atoms with Crippen molar-refractivity contribution in [2.75, 3.05) is 5.75 Å². The molecule has 0 aliphatic carbocycles. The van der Waals surface area contributed by atoms with Crippen molar-refractivity contribution in [3.8, 4) is 23.1 Å². The first-order valence-corrected chi connectivity index (χ1v) is 7.75. The van der Waals surface area contributed by atoms with Crippen LogP contribution >= 0.6 is 11.8 Å². The highest BCUT2D eigenvalue weighted by Gasteiger charge is 2.18. The van der Waals surface area contributed by atoms with E-state index in [1.54, 1.807) is 11.6 Å². The van der Waals surface area contributed by atoms with E-state index in [0.29, 0.717) is 16.8 Å². The van der Waals surface area contributed by atoms with Gasteiger partial charge in [0.1, 0.15) is 0 Å². The fraction of sp³-hybridized carbons (Fsp3) is 0.214. The predicted molar refractivity (Wildman–Crippen MR) is 84.4 cm³/mol. The maximum Gasteiger partial charge on any atom is 0.296 e. The van der Waals surface area contributed by atoms with Gasteiger partial charge in [-0.2, -0.15) is 4.98 Å². The monoisotopic (exact) mass is 330 g/mol. The summed E-state index contributed by atoms with van der Waals surface area (Å²) in [6.07, 6.45) is 0. The SMILES string of the molecule is Cc1ccc(-c2noc(-c3nnc(SCC(N)=O)n3C)n2)cc1. The van der Waals surface area contributed by atoms with Crippen LogP contribution in [-0.2, 0) is 11.8 Å². The second-order valence-electron chi connectivity index (χ2n) is 4.91. The summed E-state index contributed by atoms with van der Waals surface area (Å²) >= 11 is 1.20. The molecule has 2 aromatic heterocycles. The molecule has 0 spiro atoms. The largest absolute Gasteiger partial charge is 0.369 e. The van der Waals surface area contributed by atoms with Crippen LogP contribution in [0.3, 0.4) is 0 Å². The average molecular weight is 330 g/mol. The van der Waals surface area contributed by atoms with E-state index in [2.05, 4.69) is 20.3 Å². The first-order valence-electron chi connectivity index (χ1n) is 6.76. The van der Waals surface area contributed by atoms with Gasteiger partial charge < -0.3 is 14.8 Å². The highest BCUT2D eigenvalue weighted by atomic mass is 32.2. The smallest absolute Gasteiger partial charge is 0.296 e. The summed E-state index contributed by atoms with van der Waals surface area (Å²) in [7, 11) is 1.76. The van der Waals surface area contributed by atoms with E-state index < -0.39 is 5.91 Å². The topological polar surface area (TPSA) is 113 Å². The maximum absolute atomic E-state index is 10.8. The van der Waals surface area contributed by atoms with Gasteiger partial charge in [-0.3, -0.25) is 4.79 Å². The molecule has 0 radical (unpaired) electrons. The van der Waals surface area contributed by atoms with Gasteiger partial charge in [-0.25, -0.2) is 0 Å². The second kappa shape index (κ2) is 6.21. The fourth-order valence-corrected chi connectivity index (χ4v) is 2.55. The minimum atomic E-state index is -0.418. The molecule has 2 N–H and O–H groups in total. The molecule has 0 bridgehead atoms. The average Bonchev–Trinajstić information content (AvgIpc) is 3.13. The lowest BCUT2D eigenvalue weighted by molar-refractivity contribution is -0.115. The Morgan fingerprint density at radius 3 is 2.74 bits per heavy atom. The first-order chi connectivity index (χ1) is 11.0. The number of nitrogens with zero attached hydrogens (tertiary/aromatic N) is 5. The number of nitrogens with two attached hydrogens (primary N) is 1. The van der Waals surface area contributed by atoms with Gasteiger partial charge in [0.2, 0.25) is 17.6 Å². The maximum atomic E-state index is 10.8. The summed E-state index contributed by atoms with van der Waals surface area (Å²) < 4.78 is 6.95. The summed E-state index contributed by atoms with van der Waals surface area (Å²) in [6, 6.07) is 7.81. The quantitative estimate of drug-likeness (QED) is 0.704. The van der Waals surface area contributed by atoms with Crippen molar-refractivity contribution in [1.82, 2.24) is 24.9 Å². The summed E-state index contributed by atoms with van der Waals surface area (Å²) in [6.45, 7) is 2.01. The summed E-state index contributed by atoms with van der Waals surface area (Å²) in [5.74, 6) is 0.891. The zero-order valence-electron chi connectivity index (χ0n) is 12.6. The van der Waals surface area contributed by atoms with Crippen molar-refractivity contribution in [3.05, 3.63) is 29.8 Å².